The molecule has 0 saturated heterocycles. The van der Waals surface area contributed by atoms with Crippen molar-refractivity contribution in [3.63, 3.8) is 0 Å². The van der Waals surface area contributed by atoms with Crippen LogP contribution in [0.1, 0.15) is 0 Å². The Morgan fingerprint density at radius 3 is 1.89 bits per heavy atom. The number of aliphatic hydroxyl groups excluding tert-OH is 2. The lowest BCUT2D eigenvalue weighted by Crippen LogP contribution is -2.42. The van der Waals surface area contributed by atoms with Crippen molar-refractivity contribution in [2.45, 2.75) is 6.10 Å². The van der Waals surface area contributed by atoms with Gasteiger partial charge in [0.05, 0.1) is 27.7 Å². The molecule has 0 fully saturated rings. The Labute approximate surface area is 56.1 Å². The van der Waals surface area contributed by atoms with Gasteiger partial charge in [0.1, 0.15) is 12.6 Å². The van der Waals surface area contributed by atoms with Crippen LogP contribution in [0.25, 0.3) is 0 Å². The molecule has 3 nitrogen and oxygen atoms in total. The fourth-order valence-corrected chi connectivity index (χ4v) is 0.690. The molecule has 0 rings (SSSR count). The third-order valence-electron chi connectivity index (χ3n) is 0.969. The van der Waals surface area contributed by atoms with Crippen LogP contribution in [0.2, 0.25) is 0 Å². The molecule has 9 heavy (non-hydrogen) atoms. The zero-order valence-electron chi connectivity index (χ0n) is 6.33. The molecule has 1 atom stereocenters. The molecule has 0 aromatic heterocycles. The fourth-order valence-electron chi connectivity index (χ4n) is 0.690. The van der Waals surface area contributed by atoms with Gasteiger partial charge >= 0.3 is 0 Å². The Morgan fingerprint density at radius 2 is 1.78 bits per heavy atom. The highest BCUT2D eigenvalue weighted by Crippen LogP contribution is 1.92. The molecule has 0 heterocycles. The smallest absolute Gasteiger partial charge is 0.126 e. The number of likely N-dealkylation sites (N-methyl/N-ethyl adjacent to an activating group) is 1. The fraction of sp³-hybridized carbons (Fsp3) is 1.00. The molecule has 2 N–H and O–H groups in total. The van der Waals surface area contributed by atoms with Crippen molar-refractivity contribution in [2.24, 2.45) is 0 Å². The summed E-state index contributed by atoms with van der Waals surface area (Å²) in [6.45, 7) is 0.450. The van der Waals surface area contributed by atoms with Crippen LogP contribution in [0.15, 0.2) is 0 Å². The van der Waals surface area contributed by atoms with E-state index in [1.54, 1.807) is 0 Å². The second-order valence-corrected chi connectivity index (χ2v) is 3.31. The van der Waals surface area contributed by atoms with E-state index in [1.807, 2.05) is 21.1 Å². The number of quaternary nitrogens is 1. The first kappa shape index (κ1) is 8.88. The predicted octanol–water partition coefficient (Wildman–Crippen LogP) is -0.954. The lowest BCUT2D eigenvalue weighted by Gasteiger charge is -2.25. The highest BCUT2D eigenvalue weighted by Gasteiger charge is 2.13. The summed E-state index contributed by atoms with van der Waals surface area (Å²) in [5.41, 5.74) is 0. The lowest BCUT2D eigenvalue weighted by atomic mass is 10.3. The zero-order valence-corrected chi connectivity index (χ0v) is 6.33. The molecular formula is C6H16NO2+. The lowest BCUT2D eigenvalue weighted by molar-refractivity contribution is -0.873. The van der Waals surface area contributed by atoms with Crippen molar-refractivity contribution >= 4 is 0 Å². The Kier molecular flexibility index (Phi) is 3.11. The van der Waals surface area contributed by atoms with Gasteiger partial charge in [-0.3, -0.25) is 0 Å². The standard InChI is InChI=1S/C6H16NO2/c1-7(2,3)4-6(9)5-8/h6,8-9H,4-5H2,1-3H3/q+1/t6-/m1/s1. The topological polar surface area (TPSA) is 40.5 Å². The summed E-state index contributed by atoms with van der Waals surface area (Å²) in [5, 5.41) is 17.4. The van der Waals surface area contributed by atoms with Crippen molar-refractivity contribution in [2.75, 3.05) is 34.3 Å². The summed E-state index contributed by atoms with van der Waals surface area (Å²) in [6, 6.07) is 0. The van der Waals surface area contributed by atoms with E-state index in [0.717, 1.165) is 0 Å². The van der Waals surface area contributed by atoms with E-state index < -0.39 is 6.10 Å². The number of hydrogen-bond donors (Lipinski definition) is 2. The monoisotopic (exact) mass is 134 g/mol. The molecule has 0 aromatic rings. The van der Waals surface area contributed by atoms with Crippen molar-refractivity contribution < 1.29 is 14.7 Å². The summed E-state index contributed by atoms with van der Waals surface area (Å²) in [4.78, 5) is 0. The molecule has 0 spiro atoms. The van der Waals surface area contributed by atoms with E-state index in [9.17, 15) is 0 Å². The highest BCUT2D eigenvalue weighted by atomic mass is 16.3. The molecule has 56 valence electrons. The number of hydrogen-bond acceptors (Lipinski definition) is 2. The first-order chi connectivity index (χ1) is 3.95. The van der Waals surface area contributed by atoms with Gasteiger partial charge in [-0.2, -0.15) is 0 Å². The number of nitrogens with zero attached hydrogens (tertiary/aromatic N) is 1. The molecule has 0 bridgehead atoms. The van der Waals surface area contributed by atoms with Gasteiger partial charge in [0, 0.05) is 0 Å². The van der Waals surface area contributed by atoms with Crippen LogP contribution in [-0.4, -0.2) is 55.1 Å². The van der Waals surface area contributed by atoms with Crippen molar-refractivity contribution in [3.05, 3.63) is 0 Å². The van der Waals surface area contributed by atoms with Crippen LogP contribution < -0.4 is 0 Å². The molecule has 0 saturated carbocycles. The Balaban J connectivity index is 3.47. The minimum atomic E-state index is -0.579. The van der Waals surface area contributed by atoms with Crippen molar-refractivity contribution in [1.82, 2.24) is 0 Å². The van der Waals surface area contributed by atoms with Gasteiger partial charge in [0.15, 0.2) is 0 Å². The molecular weight excluding hydrogens is 118 g/mol. The molecule has 0 aliphatic rings. The zero-order chi connectivity index (χ0) is 7.49. The average Bonchev–Trinajstić information content (AvgIpc) is 1.62. The maximum absolute atomic E-state index is 8.93. The number of aliphatic hydroxyl groups is 2. The molecule has 0 radical (unpaired) electrons. The Morgan fingerprint density at radius 1 is 1.33 bits per heavy atom. The molecule has 3 heteroatoms. The van der Waals surface area contributed by atoms with Gasteiger partial charge < -0.3 is 14.7 Å². The van der Waals surface area contributed by atoms with E-state index in [-0.39, 0.29) is 6.61 Å². The summed E-state index contributed by atoms with van der Waals surface area (Å²) in [6.07, 6.45) is -0.579. The van der Waals surface area contributed by atoms with E-state index >= 15 is 0 Å². The second kappa shape index (κ2) is 3.15. The first-order valence-corrected chi connectivity index (χ1v) is 3.05. The minimum absolute atomic E-state index is 0.143. The normalized spacial score (nSPS) is 15.7. The van der Waals surface area contributed by atoms with E-state index in [2.05, 4.69) is 0 Å². The van der Waals surface area contributed by atoms with Gasteiger partial charge in [-0.1, -0.05) is 0 Å². The summed E-state index contributed by atoms with van der Waals surface area (Å²) >= 11 is 0. The van der Waals surface area contributed by atoms with Crippen LogP contribution in [-0.2, 0) is 0 Å². The third-order valence-corrected chi connectivity index (χ3v) is 0.969. The van der Waals surface area contributed by atoms with Gasteiger partial charge in [-0.15, -0.1) is 0 Å². The Hall–Kier alpha value is -0.120. The van der Waals surface area contributed by atoms with Gasteiger partial charge in [-0.05, 0) is 0 Å². The van der Waals surface area contributed by atoms with Gasteiger partial charge in [0.2, 0.25) is 0 Å². The maximum atomic E-state index is 8.93. The van der Waals surface area contributed by atoms with Crippen LogP contribution >= 0.6 is 0 Å². The molecule has 0 aliphatic heterocycles. The highest BCUT2D eigenvalue weighted by molar-refractivity contribution is 4.47. The van der Waals surface area contributed by atoms with Crippen molar-refractivity contribution in [3.8, 4) is 0 Å². The maximum Gasteiger partial charge on any atom is 0.126 e. The summed E-state index contributed by atoms with van der Waals surface area (Å²) < 4.78 is 0.682. The largest absolute Gasteiger partial charge is 0.393 e. The van der Waals surface area contributed by atoms with Crippen molar-refractivity contribution in [1.29, 1.82) is 0 Å². The van der Waals surface area contributed by atoms with Gasteiger partial charge in [-0.25, -0.2) is 0 Å². The quantitative estimate of drug-likeness (QED) is 0.488. The summed E-state index contributed by atoms with van der Waals surface area (Å²) in [7, 11) is 5.91. The minimum Gasteiger partial charge on any atom is -0.393 e. The molecule has 0 aromatic carbocycles. The average molecular weight is 134 g/mol. The van der Waals surface area contributed by atoms with E-state index in [4.69, 9.17) is 10.2 Å². The number of rotatable bonds is 3. The van der Waals surface area contributed by atoms with E-state index in [0.29, 0.717) is 11.0 Å². The third kappa shape index (κ3) is 5.76. The van der Waals surface area contributed by atoms with Crippen LogP contribution in [0.5, 0.6) is 0 Å². The van der Waals surface area contributed by atoms with Gasteiger partial charge in [0.25, 0.3) is 0 Å². The Bertz CT molecular complexity index is 77.6. The SMILES string of the molecule is C[N+](C)(C)C[C@@H](O)CO. The first-order valence-electron chi connectivity index (χ1n) is 3.05. The van der Waals surface area contributed by atoms with Crippen LogP contribution in [0.4, 0.5) is 0 Å². The molecule has 0 unspecified atom stereocenters. The molecule has 0 aliphatic carbocycles. The van der Waals surface area contributed by atoms with E-state index in [1.165, 1.54) is 0 Å². The molecule has 0 amide bonds. The van der Waals surface area contributed by atoms with Crippen LogP contribution in [0.3, 0.4) is 0 Å². The summed E-state index contributed by atoms with van der Waals surface area (Å²) in [5.74, 6) is 0. The predicted molar refractivity (Wildman–Crippen MR) is 36.0 cm³/mol. The second-order valence-electron chi connectivity index (χ2n) is 3.31. The van der Waals surface area contributed by atoms with Crippen LogP contribution in [0, 0.1) is 0 Å².